The molecule has 2 aliphatic heterocycles. The Morgan fingerprint density at radius 3 is 2.77 bits per heavy atom. The summed E-state index contributed by atoms with van der Waals surface area (Å²) in [6, 6.07) is 11.4. The third-order valence-corrected chi connectivity index (χ3v) is 6.46. The molecule has 2 aromatic carbocycles. The van der Waals surface area contributed by atoms with E-state index in [1.165, 1.54) is 10.9 Å². The van der Waals surface area contributed by atoms with Gasteiger partial charge >= 0.3 is 0 Å². The Kier molecular flexibility index (Phi) is 5.19. The number of ether oxygens (including phenoxy) is 3. The van der Waals surface area contributed by atoms with Gasteiger partial charge in [-0.25, -0.2) is 0 Å². The van der Waals surface area contributed by atoms with Crippen LogP contribution in [0.1, 0.15) is 31.2 Å². The first-order valence-corrected chi connectivity index (χ1v) is 10.7. The molecule has 5 rings (SSSR count). The lowest BCUT2D eigenvalue weighted by molar-refractivity contribution is -0.121. The predicted molar refractivity (Wildman–Crippen MR) is 119 cm³/mol. The van der Waals surface area contributed by atoms with Gasteiger partial charge in [-0.05, 0) is 74.7 Å². The van der Waals surface area contributed by atoms with Crippen LogP contribution in [0.4, 0.5) is 5.69 Å². The number of nitrogens with zero attached hydrogens (tertiary/aromatic N) is 1. The van der Waals surface area contributed by atoms with Gasteiger partial charge in [0.25, 0.3) is 0 Å². The zero-order valence-corrected chi connectivity index (χ0v) is 17.8. The number of benzene rings is 2. The molecular formula is C24H27N3O4. The Bertz CT molecular complexity index is 1100. The van der Waals surface area contributed by atoms with Crippen molar-refractivity contribution in [3.63, 3.8) is 0 Å². The first-order valence-electron chi connectivity index (χ1n) is 10.7. The number of piperidine rings is 1. The summed E-state index contributed by atoms with van der Waals surface area (Å²) < 4.78 is 16.1. The molecule has 0 bridgehead atoms. The standard InChI is InChI=1S/C24H27N3O4/c1-15(24(28)26-17-3-6-22-23(11-17)31-14-30-22)27-9-7-16(8-10-27)20-13-25-21-5-4-18(29-2)12-19(20)21/h3-6,11-13,15-16,25H,7-10,14H2,1-2H3,(H,26,28). The number of rotatable bonds is 5. The van der Waals surface area contributed by atoms with E-state index in [0.29, 0.717) is 17.4 Å². The number of aromatic amines is 1. The summed E-state index contributed by atoms with van der Waals surface area (Å²) in [5.74, 6) is 2.72. The van der Waals surface area contributed by atoms with Gasteiger partial charge in [0, 0.05) is 28.9 Å². The van der Waals surface area contributed by atoms with Crippen LogP contribution in [0, 0.1) is 0 Å². The van der Waals surface area contributed by atoms with Gasteiger partial charge in [-0.1, -0.05) is 0 Å². The van der Waals surface area contributed by atoms with Gasteiger partial charge in [0.2, 0.25) is 12.7 Å². The second-order valence-electron chi connectivity index (χ2n) is 8.20. The maximum atomic E-state index is 12.8. The summed E-state index contributed by atoms with van der Waals surface area (Å²) >= 11 is 0. The van der Waals surface area contributed by atoms with E-state index < -0.39 is 0 Å². The molecule has 7 nitrogen and oxygen atoms in total. The average molecular weight is 421 g/mol. The number of likely N-dealkylation sites (tertiary alicyclic amines) is 1. The molecule has 1 unspecified atom stereocenters. The van der Waals surface area contributed by atoms with Crippen molar-refractivity contribution in [3.8, 4) is 17.2 Å². The number of anilines is 1. The van der Waals surface area contributed by atoms with E-state index >= 15 is 0 Å². The molecule has 3 aromatic rings. The molecule has 2 aliphatic rings. The van der Waals surface area contributed by atoms with Gasteiger partial charge in [0.05, 0.1) is 13.2 Å². The zero-order valence-electron chi connectivity index (χ0n) is 17.8. The van der Waals surface area contributed by atoms with E-state index in [4.69, 9.17) is 14.2 Å². The molecule has 162 valence electrons. The number of amides is 1. The summed E-state index contributed by atoms with van der Waals surface area (Å²) in [5.41, 5.74) is 3.20. The molecule has 3 heterocycles. The minimum atomic E-state index is -0.200. The van der Waals surface area contributed by atoms with Gasteiger partial charge in [0.1, 0.15) is 5.75 Å². The Morgan fingerprint density at radius 2 is 1.97 bits per heavy atom. The van der Waals surface area contributed by atoms with Crippen LogP contribution in [-0.2, 0) is 4.79 Å². The molecule has 1 atom stereocenters. The first kappa shape index (κ1) is 19.8. The maximum Gasteiger partial charge on any atom is 0.241 e. The van der Waals surface area contributed by atoms with Crippen LogP contribution in [-0.4, -0.2) is 48.8 Å². The van der Waals surface area contributed by atoms with Gasteiger partial charge in [-0.3, -0.25) is 9.69 Å². The quantitative estimate of drug-likeness (QED) is 0.648. The second-order valence-corrected chi connectivity index (χ2v) is 8.20. The van der Waals surface area contributed by atoms with E-state index in [-0.39, 0.29) is 18.7 Å². The van der Waals surface area contributed by atoms with Crippen LogP contribution in [0.2, 0.25) is 0 Å². The average Bonchev–Trinajstić information content (AvgIpc) is 3.44. The highest BCUT2D eigenvalue weighted by atomic mass is 16.7. The number of H-pyrrole nitrogens is 1. The fourth-order valence-corrected chi connectivity index (χ4v) is 4.57. The van der Waals surface area contributed by atoms with Crippen molar-refractivity contribution < 1.29 is 19.0 Å². The highest BCUT2D eigenvalue weighted by Crippen LogP contribution is 2.36. The predicted octanol–water partition coefficient (Wildman–Crippen LogP) is 4.11. The monoisotopic (exact) mass is 421 g/mol. The van der Waals surface area contributed by atoms with Gasteiger partial charge in [-0.15, -0.1) is 0 Å². The van der Waals surface area contributed by atoms with Crippen LogP contribution in [0.25, 0.3) is 10.9 Å². The molecule has 0 spiro atoms. The fraction of sp³-hybridized carbons (Fsp3) is 0.375. The highest BCUT2D eigenvalue weighted by molar-refractivity contribution is 5.95. The SMILES string of the molecule is COc1ccc2[nH]cc(C3CCN(C(C)C(=O)Nc4ccc5c(c4)OCO5)CC3)c2c1. The van der Waals surface area contributed by atoms with E-state index in [1.54, 1.807) is 7.11 Å². The third-order valence-electron chi connectivity index (χ3n) is 6.46. The summed E-state index contributed by atoms with van der Waals surface area (Å²) in [4.78, 5) is 18.5. The lowest BCUT2D eigenvalue weighted by Crippen LogP contribution is -2.45. The Balaban J connectivity index is 1.21. The minimum Gasteiger partial charge on any atom is -0.497 e. The molecule has 0 aliphatic carbocycles. The van der Waals surface area contributed by atoms with Crippen molar-refractivity contribution in [1.29, 1.82) is 0 Å². The summed E-state index contributed by atoms with van der Waals surface area (Å²) in [6.07, 6.45) is 4.16. The van der Waals surface area contributed by atoms with Crippen molar-refractivity contribution >= 4 is 22.5 Å². The number of carbonyl (C=O) groups is 1. The highest BCUT2D eigenvalue weighted by Gasteiger charge is 2.28. The largest absolute Gasteiger partial charge is 0.497 e. The first-order chi connectivity index (χ1) is 15.1. The normalized spacial score (nSPS) is 17.6. The van der Waals surface area contributed by atoms with Gasteiger partial charge in [0.15, 0.2) is 11.5 Å². The number of hydrogen-bond acceptors (Lipinski definition) is 5. The van der Waals surface area contributed by atoms with Crippen molar-refractivity contribution in [1.82, 2.24) is 9.88 Å². The Labute approximate surface area is 181 Å². The van der Waals surface area contributed by atoms with Crippen LogP contribution in [0.5, 0.6) is 17.2 Å². The van der Waals surface area contributed by atoms with Crippen LogP contribution in [0.3, 0.4) is 0 Å². The number of aromatic nitrogens is 1. The fourth-order valence-electron chi connectivity index (χ4n) is 4.57. The molecular weight excluding hydrogens is 394 g/mol. The molecule has 1 saturated heterocycles. The Morgan fingerprint density at radius 1 is 1.16 bits per heavy atom. The second kappa shape index (κ2) is 8.15. The molecule has 1 aromatic heterocycles. The van der Waals surface area contributed by atoms with E-state index in [2.05, 4.69) is 33.5 Å². The van der Waals surface area contributed by atoms with E-state index in [9.17, 15) is 4.79 Å². The van der Waals surface area contributed by atoms with Crippen LogP contribution in [0.15, 0.2) is 42.6 Å². The van der Waals surface area contributed by atoms with Gasteiger partial charge in [-0.2, -0.15) is 0 Å². The number of nitrogens with one attached hydrogen (secondary N) is 2. The van der Waals surface area contributed by atoms with Crippen LogP contribution < -0.4 is 19.5 Å². The number of hydrogen-bond donors (Lipinski definition) is 2. The number of carbonyl (C=O) groups excluding carboxylic acids is 1. The molecule has 31 heavy (non-hydrogen) atoms. The smallest absolute Gasteiger partial charge is 0.241 e. The third kappa shape index (κ3) is 3.81. The summed E-state index contributed by atoms with van der Waals surface area (Å²) in [5, 5.41) is 4.24. The molecule has 7 heteroatoms. The molecule has 2 N–H and O–H groups in total. The molecule has 1 amide bonds. The van der Waals surface area contributed by atoms with E-state index in [1.807, 2.05) is 31.2 Å². The topological polar surface area (TPSA) is 75.8 Å². The number of methoxy groups -OCH3 is 1. The van der Waals surface area contributed by atoms with Crippen molar-refractivity contribution in [2.75, 3.05) is 32.3 Å². The minimum absolute atomic E-state index is 0.00542. The van der Waals surface area contributed by atoms with Crippen molar-refractivity contribution in [3.05, 3.63) is 48.2 Å². The Hall–Kier alpha value is -3.19. The van der Waals surface area contributed by atoms with E-state index in [0.717, 1.165) is 42.9 Å². The lowest BCUT2D eigenvalue weighted by Gasteiger charge is -2.35. The van der Waals surface area contributed by atoms with Gasteiger partial charge < -0.3 is 24.5 Å². The maximum absolute atomic E-state index is 12.8. The van der Waals surface area contributed by atoms with Crippen molar-refractivity contribution in [2.24, 2.45) is 0 Å². The van der Waals surface area contributed by atoms with Crippen LogP contribution >= 0.6 is 0 Å². The summed E-state index contributed by atoms with van der Waals surface area (Å²) in [6.45, 7) is 3.97. The lowest BCUT2D eigenvalue weighted by atomic mass is 9.88. The molecule has 0 radical (unpaired) electrons. The zero-order chi connectivity index (χ0) is 21.4. The molecule has 1 fully saturated rings. The number of fused-ring (bicyclic) bond motifs is 2. The summed E-state index contributed by atoms with van der Waals surface area (Å²) in [7, 11) is 1.70. The van der Waals surface area contributed by atoms with Crippen molar-refractivity contribution in [2.45, 2.75) is 31.7 Å². The molecule has 0 saturated carbocycles.